The lowest BCUT2D eigenvalue weighted by Gasteiger charge is -2.35. The molecule has 1 saturated carbocycles. The minimum absolute atomic E-state index is 0.906. The Bertz CT molecular complexity index is 210. The first-order valence-electron chi connectivity index (χ1n) is 3.85. The van der Waals surface area contributed by atoms with E-state index in [1.165, 1.54) is 12.8 Å². The van der Waals surface area contributed by atoms with Crippen molar-refractivity contribution in [3.05, 3.63) is 23.8 Å². The van der Waals surface area contributed by atoms with Crippen LogP contribution in [0.1, 0.15) is 12.8 Å². The topological polar surface area (TPSA) is 0 Å². The summed E-state index contributed by atoms with van der Waals surface area (Å²) in [6.45, 7) is 0. The van der Waals surface area contributed by atoms with Gasteiger partial charge in [0.15, 0.2) is 0 Å². The van der Waals surface area contributed by atoms with Crippen molar-refractivity contribution in [3.63, 3.8) is 0 Å². The van der Waals surface area contributed by atoms with E-state index in [0.717, 1.165) is 17.8 Å². The van der Waals surface area contributed by atoms with Gasteiger partial charge in [0.25, 0.3) is 0 Å². The first-order valence-corrected chi connectivity index (χ1v) is 3.85. The molecule has 3 atom stereocenters. The van der Waals surface area contributed by atoms with Crippen LogP contribution in [-0.2, 0) is 0 Å². The molecule has 0 N–H and O–H groups in total. The number of rotatable bonds is 0. The lowest BCUT2D eigenvalue weighted by atomic mass is 9.69. The zero-order valence-electron chi connectivity index (χ0n) is 5.38. The lowest BCUT2D eigenvalue weighted by Crippen LogP contribution is -2.26. The minimum Gasteiger partial charge on any atom is -0.0773 e. The molecule has 1 fully saturated rings. The van der Waals surface area contributed by atoms with Crippen LogP contribution in [0.4, 0.5) is 0 Å². The summed E-state index contributed by atoms with van der Waals surface area (Å²) in [5.41, 5.74) is 1.64. The molecule has 0 aliphatic heterocycles. The van der Waals surface area contributed by atoms with Gasteiger partial charge in [0, 0.05) is 5.92 Å². The summed E-state index contributed by atoms with van der Waals surface area (Å²) in [5.74, 6) is 2.94. The van der Waals surface area contributed by atoms with Crippen molar-refractivity contribution >= 4 is 0 Å². The van der Waals surface area contributed by atoms with E-state index >= 15 is 0 Å². The SMILES string of the molecule is C1=CC2C1=CC1CCC12. The predicted molar refractivity (Wildman–Crippen MR) is 36.9 cm³/mol. The molecule has 0 amide bonds. The van der Waals surface area contributed by atoms with Crippen LogP contribution in [-0.4, -0.2) is 0 Å². The van der Waals surface area contributed by atoms with Crippen LogP contribution in [0.25, 0.3) is 0 Å². The Morgan fingerprint density at radius 1 is 1.33 bits per heavy atom. The molecule has 0 bridgehead atoms. The third kappa shape index (κ3) is 0.346. The van der Waals surface area contributed by atoms with Crippen LogP contribution >= 0.6 is 0 Å². The highest BCUT2D eigenvalue weighted by atomic mass is 14.5. The number of hydrogen-bond donors (Lipinski definition) is 0. The van der Waals surface area contributed by atoms with E-state index in [1.807, 2.05) is 0 Å². The van der Waals surface area contributed by atoms with E-state index in [2.05, 4.69) is 18.2 Å². The maximum Gasteiger partial charge on any atom is 0.00519 e. The summed E-state index contributed by atoms with van der Waals surface area (Å²) in [6, 6.07) is 0. The van der Waals surface area contributed by atoms with Gasteiger partial charge in [-0.15, -0.1) is 0 Å². The van der Waals surface area contributed by atoms with Gasteiger partial charge in [0.05, 0.1) is 0 Å². The maximum atomic E-state index is 2.48. The first-order chi connectivity index (χ1) is 4.45. The van der Waals surface area contributed by atoms with Gasteiger partial charge in [-0.2, -0.15) is 0 Å². The van der Waals surface area contributed by atoms with Crippen LogP contribution in [0.2, 0.25) is 0 Å². The molecular formula is C9H10. The molecule has 0 spiro atoms. The van der Waals surface area contributed by atoms with Crippen LogP contribution in [0.3, 0.4) is 0 Å². The highest BCUT2D eigenvalue weighted by Gasteiger charge is 2.43. The predicted octanol–water partition coefficient (Wildman–Crippen LogP) is 2.14. The molecule has 3 aliphatic carbocycles. The quantitative estimate of drug-likeness (QED) is 0.457. The van der Waals surface area contributed by atoms with Gasteiger partial charge in [-0.1, -0.05) is 18.2 Å². The number of hydrogen-bond acceptors (Lipinski definition) is 0. The second kappa shape index (κ2) is 1.16. The second-order valence-electron chi connectivity index (χ2n) is 3.46. The van der Waals surface area contributed by atoms with Crippen LogP contribution in [0.15, 0.2) is 23.8 Å². The van der Waals surface area contributed by atoms with E-state index in [0.29, 0.717) is 0 Å². The van der Waals surface area contributed by atoms with Crippen molar-refractivity contribution in [2.24, 2.45) is 17.8 Å². The Kier molecular flexibility index (Phi) is 0.555. The fraction of sp³-hybridized carbons (Fsp3) is 0.556. The van der Waals surface area contributed by atoms with Gasteiger partial charge in [0.2, 0.25) is 0 Å². The molecule has 0 aromatic rings. The average Bonchev–Trinajstić information content (AvgIpc) is 1.88. The first kappa shape index (κ1) is 4.32. The molecule has 3 rings (SSSR count). The highest BCUT2D eigenvalue weighted by molar-refractivity contribution is 5.42. The Hall–Kier alpha value is -0.520. The molecule has 3 unspecified atom stereocenters. The van der Waals surface area contributed by atoms with Gasteiger partial charge < -0.3 is 0 Å². The summed E-state index contributed by atoms with van der Waals surface area (Å²) in [6.07, 6.45) is 10.1. The monoisotopic (exact) mass is 118 g/mol. The average molecular weight is 118 g/mol. The second-order valence-corrected chi connectivity index (χ2v) is 3.46. The van der Waals surface area contributed by atoms with Crippen molar-refractivity contribution in [1.29, 1.82) is 0 Å². The zero-order valence-corrected chi connectivity index (χ0v) is 5.38. The maximum absolute atomic E-state index is 2.48. The minimum atomic E-state index is 0.906. The normalized spacial score (nSPS) is 50.7. The summed E-state index contributed by atoms with van der Waals surface area (Å²) in [7, 11) is 0. The smallest absolute Gasteiger partial charge is 0.00519 e. The summed E-state index contributed by atoms with van der Waals surface area (Å²) < 4.78 is 0. The Labute approximate surface area is 55.3 Å². The molecular weight excluding hydrogens is 108 g/mol. The van der Waals surface area contributed by atoms with E-state index in [1.54, 1.807) is 5.57 Å². The van der Waals surface area contributed by atoms with Crippen molar-refractivity contribution in [2.45, 2.75) is 12.8 Å². The summed E-state index contributed by atoms with van der Waals surface area (Å²) >= 11 is 0. The Morgan fingerprint density at radius 2 is 2.33 bits per heavy atom. The van der Waals surface area contributed by atoms with Crippen molar-refractivity contribution < 1.29 is 0 Å². The molecule has 9 heavy (non-hydrogen) atoms. The van der Waals surface area contributed by atoms with Crippen molar-refractivity contribution in [2.75, 3.05) is 0 Å². The van der Waals surface area contributed by atoms with Gasteiger partial charge in [-0.25, -0.2) is 0 Å². The standard InChI is InChI=1S/C9H10/c1-3-8-6(1)5-7-2-4-9(7)8/h1,3,5,7-9H,2,4H2. The molecule has 0 nitrogen and oxygen atoms in total. The van der Waals surface area contributed by atoms with E-state index < -0.39 is 0 Å². The molecule has 46 valence electrons. The summed E-state index contributed by atoms with van der Waals surface area (Å²) in [4.78, 5) is 0. The van der Waals surface area contributed by atoms with E-state index in [4.69, 9.17) is 0 Å². The third-order valence-corrected chi connectivity index (χ3v) is 3.13. The zero-order chi connectivity index (χ0) is 5.84. The fourth-order valence-electron chi connectivity index (χ4n) is 2.33. The molecule has 0 heteroatoms. The van der Waals surface area contributed by atoms with Gasteiger partial charge in [-0.3, -0.25) is 0 Å². The third-order valence-electron chi connectivity index (χ3n) is 3.13. The van der Waals surface area contributed by atoms with Gasteiger partial charge in [-0.05, 0) is 30.3 Å². The number of fused-ring (bicyclic) bond motifs is 3. The largest absolute Gasteiger partial charge is 0.0773 e. The van der Waals surface area contributed by atoms with Gasteiger partial charge in [0.1, 0.15) is 0 Å². The molecule has 0 aromatic carbocycles. The lowest BCUT2D eigenvalue weighted by molar-refractivity contribution is 0.210. The summed E-state index contributed by atoms with van der Waals surface area (Å²) in [5, 5.41) is 0. The molecule has 0 radical (unpaired) electrons. The molecule has 0 aromatic heterocycles. The fourth-order valence-corrected chi connectivity index (χ4v) is 2.33. The van der Waals surface area contributed by atoms with Crippen LogP contribution in [0.5, 0.6) is 0 Å². The molecule has 0 saturated heterocycles. The highest BCUT2D eigenvalue weighted by Crippen LogP contribution is 2.53. The number of allylic oxidation sites excluding steroid dienone is 4. The molecule has 0 heterocycles. The van der Waals surface area contributed by atoms with E-state index in [9.17, 15) is 0 Å². The van der Waals surface area contributed by atoms with Crippen LogP contribution < -0.4 is 0 Å². The molecule has 3 aliphatic rings. The Morgan fingerprint density at radius 3 is 2.67 bits per heavy atom. The Balaban J connectivity index is 2.05. The van der Waals surface area contributed by atoms with Crippen molar-refractivity contribution in [1.82, 2.24) is 0 Å². The van der Waals surface area contributed by atoms with E-state index in [-0.39, 0.29) is 0 Å². The van der Waals surface area contributed by atoms with Crippen LogP contribution in [0, 0.1) is 17.8 Å². The van der Waals surface area contributed by atoms with Crippen molar-refractivity contribution in [3.8, 4) is 0 Å². The van der Waals surface area contributed by atoms with Gasteiger partial charge >= 0.3 is 0 Å².